The first kappa shape index (κ1) is 17.8. The quantitative estimate of drug-likeness (QED) is 0.578. The van der Waals surface area contributed by atoms with E-state index in [1.165, 1.54) is 19.3 Å². The number of nitrogens with one attached hydrogen (secondary N) is 1. The highest BCUT2D eigenvalue weighted by molar-refractivity contribution is 7.98. The molecule has 0 aliphatic heterocycles. The van der Waals surface area contributed by atoms with Crippen molar-refractivity contribution in [1.29, 1.82) is 0 Å². The Morgan fingerprint density at radius 1 is 1.33 bits per heavy atom. The molecule has 3 unspecified atom stereocenters. The zero-order chi connectivity index (χ0) is 17.1. The molecule has 2 aliphatic carbocycles. The fourth-order valence-corrected chi connectivity index (χ4v) is 4.88. The van der Waals surface area contributed by atoms with E-state index in [1.807, 2.05) is 6.26 Å². The van der Waals surface area contributed by atoms with Gasteiger partial charge in [-0.05, 0) is 49.7 Å². The zero-order valence-electron chi connectivity index (χ0n) is 15.1. The summed E-state index contributed by atoms with van der Waals surface area (Å²) in [5, 5.41) is 12.8. The van der Waals surface area contributed by atoms with Crippen LogP contribution in [0, 0.1) is 23.7 Å². The number of carbonyl (C=O) groups is 1. The van der Waals surface area contributed by atoms with Gasteiger partial charge in [-0.2, -0.15) is 0 Å². The van der Waals surface area contributed by atoms with E-state index >= 15 is 0 Å². The van der Waals surface area contributed by atoms with Crippen LogP contribution in [0.15, 0.2) is 5.16 Å². The molecule has 3 atom stereocenters. The van der Waals surface area contributed by atoms with Crippen LogP contribution in [-0.4, -0.2) is 33.5 Å². The van der Waals surface area contributed by atoms with Gasteiger partial charge in [-0.25, -0.2) is 0 Å². The highest BCUT2D eigenvalue weighted by Gasteiger charge is 2.42. The third kappa shape index (κ3) is 3.95. The number of hydrogen-bond acceptors (Lipinski definition) is 4. The molecule has 3 rings (SSSR count). The van der Waals surface area contributed by atoms with Gasteiger partial charge < -0.3 is 9.88 Å². The molecule has 1 N–H and O–H groups in total. The van der Waals surface area contributed by atoms with Gasteiger partial charge in [-0.1, -0.05) is 32.0 Å². The molecule has 0 spiro atoms. The predicted octanol–water partition coefficient (Wildman–Crippen LogP) is 3.14. The summed E-state index contributed by atoms with van der Waals surface area (Å²) in [4.78, 5) is 12.4. The van der Waals surface area contributed by atoms with Gasteiger partial charge in [0, 0.05) is 25.4 Å². The normalized spacial score (nSPS) is 25.6. The van der Waals surface area contributed by atoms with Crippen molar-refractivity contribution in [2.45, 2.75) is 64.1 Å². The van der Waals surface area contributed by atoms with Gasteiger partial charge in [-0.3, -0.25) is 4.79 Å². The van der Waals surface area contributed by atoms with E-state index in [-0.39, 0.29) is 11.8 Å². The zero-order valence-corrected chi connectivity index (χ0v) is 15.9. The second-order valence-corrected chi connectivity index (χ2v) is 8.56. The van der Waals surface area contributed by atoms with Crippen LogP contribution in [-0.2, 0) is 17.8 Å². The Hall–Kier alpha value is -1.04. The second kappa shape index (κ2) is 7.89. The molecule has 0 saturated heterocycles. The number of carbonyl (C=O) groups excluding carboxylic acids is 1. The maximum absolute atomic E-state index is 12.4. The Kier molecular flexibility index (Phi) is 5.85. The van der Waals surface area contributed by atoms with Crippen molar-refractivity contribution in [2.24, 2.45) is 23.7 Å². The summed E-state index contributed by atoms with van der Waals surface area (Å²) in [7, 11) is 0. The minimum atomic E-state index is 0.288. The first-order chi connectivity index (χ1) is 11.6. The maximum atomic E-state index is 12.4. The fraction of sp³-hybridized carbons (Fsp3) is 0.833. The number of thioether (sulfide) groups is 1. The van der Waals surface area contributed by atoms with Crippen LogP contribution in [0.3, 0.4) is 0 Å². The topological polar surface area (TPSA) is 59.8 Å². The highest BCUT2D eigenvalue weighted by Crippen LogP contribution is 2.48. The SMILES string of the molecule is CSc1nnc(CCCNC(=O)C2CC3CCC2C3)n1CC(C)C. The molecule has 1 amide bonds. The van der Waals surface area contributed by atoms with Gasteiger partial charge in [0.1, 0.15) is 5.82 Å². The lowest BCUT2D eigenvalue weighted by atomic mass is 9.88. The van der Waals surface area contributed by atoms with Crippen molar-refractivity contribution >= 4 is 17.7 Å². The van der Waals surface area contributed by atoms with Crippen molar-refractivity contribution in [3.8, 4) is 0 Å². The van der Waals surface area contributed by atoms with Crippen LogP contribution in [0.4, 0.5) is 0 Å². The lowest BCUT2D eigenvalue weighted by molar-refractivity contribution is -0.126. The molecule has 24 heavy (non-hydrogen) atoms. The number of fused-ring (bicyclic) bond motifs is 2. The minimum Gasteiger partial charge on any atom is -0.356 e. The van der Waals surface area contributed by atoms with E-state index in [9.17, 15) is 4.79 Å². The van der Waals surface area contributed by atoms with Crippen molar-refractivity contribution < 1.29 is 4.79 Å². The number of aromatic nitrogens is 3. The molecule has 0 radical (unpaired) electrons. The molecule has 1 heterocycles. The molecule has 2 aliphatic rings. The number of amides is 1. The molecular formula is C18H30N4OS. The van der Waals surface area contributed by atoms with E-state index in [4.69, 9.17) is 0 Å². The summed E-state index contributed by atoms with van der Waals surface area (Å²) in [6.07, 6.45) is 8.86. The van der Waals surface area contributed by atoms with E-state index in [0.717, 1.165) is 49.3 Å². The molecule has 2 bridgehead atoms. The van der Waals surface area contributed by atoms with Gasteiger partial charge in [-0.15, -0.1) is 10.2 Å². The Bertz CT molecular complexity index is 571. The molecular weight excluding hydrogens is 320 g/mol. The Morgan fingerprint density at radius 2 is 2.17 bits per heavy atom. The largest absolute Gasteiger partial charge is 0.356 e. The molecule has 134 valence electrons. The average Bonchev–Trinajstić information content (AvgIpc) is 3.26. The highest BCUT2D eigenvalue weighted by atomic mass is 32.2. The maximum Gasteiger partial charge on any atom is 0.223 e. The molecule has 0 aromatic carbocycles. The summed E-state index contributed by atoms with van der Waals surface area (Å²) >= 11 is 1.65. The molecule has 1 aromatic rings. The van der Waals surface area contributed by atoms with Crippen LogP contribution in [0.5, 0.6) is 0 Å². The molecule has 1 aromatic heterocycles. The van der Waals surface area contributed by atoms with Crippen molar-refractivity contribution in [3.05, 3.63) is 5.82 Å². The molecule has 2 fully saturated rings. The molecule has 5 nitrogen and oxygen atoms in total. The lowest BCUT2D eigenvalue weighted by Crippen LogP contribution is -2.34. The Balaban J connectivity index is 1.45. The first-order valence-corrected chi connectivity index (χ1v) is 10.5. The number of aryl methyl sites for hydroxylation is 1. The van der Waals surface area contributed by atoms with Crippen LogP contribution in [0.25, 0.3) is 0 Å². The second-order valence-electron chi connectivity index (χ2n) is 7.78. The van der Waals surface area contributed by atoms with Crippen LogP contribution in [0.1, 0.15) is 51.8 Å². The standard InChI is InChI=1S/C18H30N4OS/c1-12(2)11-22-16(20-21-18(22)24-3)5-4-8-19-17(23)15-10-13-6-7-14(15)9-13/h12-15H,4-11H2,1-3H3,(H,19,23). The summed E-state index contributed by atoms with van der Waals surface area (Å²) in [5.74, 6) is 3.68. The van der Waals surface area contributed by atoms with Crippen LogP contribution in [0.2, 0.25) is 0 Å². The fourth-order valence-electron chi connectivity index (χ4n) is 4.36. The van der Waals surface area contributed by atoms with E-state index in [1.54, 1.807) is 11.8 Å². The van der Waals surface area contributed by atoms with E-state index in [0.29, 0.717) is 11.8 Å². The van der Waals surface area contributed by atoms with Gasteiger partial charge in [0.05, 0.1) is 0 Å². The predicted molar refractivity (Wildman–Crippen MR) is 96.9 cm³/mol. The lowest BCUT2D eigenvalue weighted by Gasteiger charge is -2.20. The number of hydrogen-bond donors (Lipinski definition) is 1. The summed E-state index contributed by atoms with van der Waals surface area (Å²) in [6, 6.07) is 0. The van der Waals surface area contributed by atoms with Gasteiger partial charge >= 0.3 is 0 Å². The third-order valence-corrected chi connectivity index (χ3v) is 6.14. The number of rotatable bonds is 8. The van der Waals surface area contributed by atoms with E-state index in [2.05, 4.69) is 33.9 Å². The smallest absolute Gasteiger partial charge is 0.223 e. The number of nitrogens with zero attached hydrogens (tertiary/aromatic N) is 3. The third-order valence-electron chi connectivity index (χ3n) is 5.48. The van der Waals surface area contributed by atoms with Gasteiger partial charge in [0.15, 0.2) is 5.16 Å². The van der Waals surface area contributed by atoms with Gasteiger partial charge in [0.25, 0.3) is 0 Å². The van der Waals surface area contributed by atoms with E-state index < -0.39 is 0 Å². The van der Waals surface area contributed by atoms with Crippen molar-refractivity contribution in [2.75, 3.05) is 12.8 Å². The van der Waals surface area contributed by atoms with Crippen LogP contribution < -0.4 is 5.32 Å². The van der Waals surface area contributed by atoms with Gasteiger partial charge in [0.2, 0.25) is 5.91 Å². The Morgan fingerprint density at radius 3 is 2.79 bits per heavy atom. The van der Waals surface area contributed by atoms with Crippen LogP contribution >= 0.6 is 11.8 Å². The summed E-state index contributed by atoms with van der Waals surface area (Å²) in [5.41, 5.74) is 0. The summed E-state index contributed by atoms with van der Waals surface area (Å²) < 4.78 is 2.23. The Labute approximate surface area is 149 Å². The summed E-state index contributed by atoms with van der Waals surface area (Å²) in [6.45, 7) is 6.12. The van der Waals surface area contributed by atoms with Crippen molar-refractivity contribution in [3.63, 3.8) is 0 Å². The van der Waals surface area contributed by atoms with Crippen molar-refractivity contribution in [1.82, 2.24) is 20.1 Å². The monoisotopic (exact) mass is 350 g/mol. The minimum absolute atomic E-state index is 0.288. The molecule has 2 saturated carbocycles. The molecule has 6 heteroatoms. The average molecular weight is 351 g/mol. The first-order valence-electron chi connectivity index (χ1n) is 9.32.